The van der Waals surface area contributed by atoms with Crippen molar-refractivity contribution in [3.8, 4) is 0 Å². The molecule has 0 unspecified atom stereocenters. The third-order valence-electron chi connectivity index (χ3n) is 3.53. The van der Waals surface area contributed by atoms with Crippen molar-refractivity contribution in [1.29, 1.82) is 0 Å². The number of hydrogen-bond acceptors (Lipinski definition) is 0. The second kappa shape index (κ2) is 6.01. The molecule has 0 fully saturated rings. The molecule has 0 spiro atoms. The first-order valence-electron chi connectivity index (χ1n) is 6.89. The highest BCUT2D eigenvalue weighted by atomic mass is 79.9. The molecule has 2 aromatic rings. The molecule has 0 aliphatic rings. The Kier molecular flexibility index (Phi) is 4.54. The van der Waals surface area contributed by atoms with E-state index in [0.29, 0.717) is 0 Å². The SMILES string of the molecule is C=Cc1ccc(B(Br)c2ccc(C(C)(C)C)cc2)cc1. The topological polar surface area (TPSA) is 0 Å². The average Bonchev–Trinajstić information content (AvgIpc) is 2.46. The minimum Gasteiger partial charge on any atom is -0.143 e. The Morgan fingerprint density at radius 1 is 0.900 bits per heavy atom. The third-order valence-corrected chi connectivity index (χ3v) is 4.59. The van der Waals surface area contributed by atoms with Crippen LogP contribution in [0.4, 0.5) is 0 Å². The molecule has 2 aromatic carbocycles. The van der Waals surface area contributed by atoms with Gasteiger partial charge in [-0.3, -0.25) is 0 Å². The summed E-state index contributed by atoms with van der Waals surface area (Å²) in [5.41, 5.74) is 5.49. The zero-order valence-corrected chi connectivity index (χ0v) is 13.9. The van der Waals surface area contributed by atoms with E-state index in [0.717, 1.165) is 5.56 Å². The maximum absolute atomic E-state index is 3.79. The summed E-state index contributed by atoms with van der Waals surface area (Å²) in [5, 5.41) is 0. The molecule has 0 radical (unpaired) electrons. The number of hydrogen-bond donors (Lipinski definition) is 0. The maximum atomic E-state index is 3.79. The number of benzene rings is 2. The van der Waals surface area contributed by atoms with Crippen molar-refractivity contribution in [2.24, 2.45) is 0 Å². The Morgan fingerprint density at radius 3 is 1.75 bits per heavy atom. The predicted octanol–water partition coefficient (Wildman–Crippen LogP) is 4.13. The summed E-state index contributed by atoms with van der Waals surface area (Å²) in [4.78, 5) is 0. The first-order valence-corrected chi connectivity index (χ1v) is 7.80. The zero-order valence-electron chi connectivity index (χ0n) is 12.4. The predicted molar refractivity (Wildman–Crippen MR) is 95.6 cm³/mol. The van der Waals surface area contributed by atoms with Crippen LogP contribution in [0, 0.1) is 0 Å². The van der Waals surface area contributed by atoms with E-state index in [-0.39, 0.29) is 11.0 Å². The van der Waals surface area contributed by atoms with Crippen molar-refractivity contribution in [3.05, 3.63) is 66.2 Å². The van der Waals surface area contributed by atoms with Gasteiger partial charge in [0.1, 0.15) is 0 Å². The van der Waals surface area contributed by atoms with Crippen molar-refractivity contribution < 1.29 is 0 Å². The summed E-state index contributed by atoms with van der Waals surface area (Å²) in [6.07, 6.45) is 1.87. The van der Waals surface area contributed by atoms with Crippen molar-refractivity contribution in [1.82, 2.24) is 0 Å². The standard InChI is InChI=1S/C18H20BBr/c1-5-14-6-10-16(11-7-14)19(20)17-12-8-15(9-13-17)18(2,3)4/h5-13H,1H2,2-4H3. The smallest absolute Gasteiger partial charge is 0.143 e. The van der Waals surface area contributed by atoms with E-state index in [4.69, 9.17) is 0 Å². The molecule has 0 aliphatic heterocycles. The molecule has 0 heterocycles. The Labute approximate surface area is 131 Å². The molecule has 2 rings (SSSR count). The second-order valence-corrected chi connectivity index (χ2v) is 7.02. The molecular weight excluding hydrogens is 307 g/mol. The molecule has 0 saturated heterocycles. The van der Waals surface area contributed by atoms with Gasteiger partial charge < -0.3 is 0 Å². The molecule has 0 bridgehead atoms. The van der Waals surface area contributed by atoms with E-state index in [1.165, 1.54) is 16.5 Å². The van der Waals surface area contributed by atoms with Gasteiger partial charge >= 0.3 is 0 Å². The highest BCUT2D eigenvalue weighted by molar-refractivity contribution is 9.25. The van der Waals surface area contributed by atoms with Crippen LogP contribution in [0.15, 0.2) is 55.1 Å². The summed E-state index contributed by atoms with van der Waals surface area (Å²) in [7, 11) is 0. The van der Waals surface area contributed by atoms with E-state index >= 15 is 0 Å². The monoisotopic (exact) mass is 326 g/mol. The molecule has 2 heteroatoms. The van der Waals surface area contributed by atoms with Crippen LogP contribution in [0.2, 0.25) is 0 Å². The normalized spacial score (nSPS) is 11.2. The lowest BCUT2D eigenvalue weighted by Crippen LogP contribution is -2.36. The van der Waals surface area contributed by atoms with E-state index in [1.807, 2.05) is 6.08 Å². The molecule has 0 aromatic heterocycles. The van der Waals surface area contributed by atoms with Gasteiger partial charge in [0.25, 0.3) is 5.54 Å². The van der Waals surface area contributed by atoms with Crippen LogP contribution in [-0.4, -0.2) is 5.54 Å². The molecule has 0 amide bonds. The highest BCUT2D eigenvalue weighted by Gasteiger charge is 2.17. The molecule has 0 N–H and O–H groups in total. The van der Waals surface area contributed by atoms with Gasteiger partial charge in [-0.15, -0.1) is 15.8 Å². The van der Waals surface area contributed by atoms with Crippen LogP contribution in [-0.2, 0) is 5.41 Å². The second-order valence-electron chi connectivity index (χ2n) is 6.11. The minimum absolute atomic E-state index is 0.200. The molecule has 0 saturated carbocycles. The van der Waals surface area contributed by atoms with E-state index in [2.05, 4.69) is 91.6 Å². The van der Waals surface area contributed by atoms with Crippen LogP contribution in [0.1, 0.15) is 31.9 Å². The first-order chi connectivity index (χ1) is 9.41. The van der Waals surface area contributed by atoms with Crippen LogP contribution in [0.5, 0.6) is 0 Å². The summed E-state index contributed by atoms with van der Waals surface area (Å²) < 4.78 is 0. The van der Waals surface area contributed by atoms with Crippen molar-refractivity contribution >= 4 is 38.3 Å². The van der Waals surface area contributed by atoms with E-state index in [9.17, 15) is 0 Å². The van der Waals surface area contributed by atoms with E-state index in [1.54, 1.807) is 0 Å². The lowest BCUT2D eigenvalue weighted by molar-refractivity contribution is 0.590. The molecular formula is C18H20BBr. The number of halogens is 1. The van der Waals surface area contributed by atoms with Gasteiger partial charge in [0.15, 0.2) is 0 Å². The Balaban J connectivity index is 2.24. The van der Waals surface area contributed by atoms with E-state index < -0.39 is 0 Å². The van der Waals surface area contributed by atoms with Crippen molar-refractivity contribution in [3.63, 3.8) is 0 Å². The Morgan fingerprint density at radius 2 is 1.35 bits per heavy atom. The lowest BCUT2D eigenvalue weighted by Gasteiger charge is -2.19. The summed E-state index contributed by atoms with van der Waals surface area (Å²) in [6.45, 7) is 10.5. The largest absolute Gasteiger partial charge is 0.287 e. The molecule has 0 aliphatic carbocycles. The molecule has 0 nitrogen and oxygen atoms in total. The molecule has 0 atom stereocenters. The third kappa shape index (κ3) is 3.43. The van der Waals surface area contributed by atoms with Crippen LogP contribution in [0.3, 0.4) is 0 Å². The van der Waals surface area contributed by atoms with Crippen LogP contribution in [0.25, 0.3) is 6.08 Å². The fourth-order valence-corrected chi connectivity index (χ4v) is 2.76. The first kappa shape index (κ1) is 15.1. The van der Waals surface area contributed by atoms with Gasteiger partial charge in [-0.1, -0.05) is 92.9 Å². The highest BCUT2D eigenvalue weighted by Crippen LogP contribution is 2.20. The van der Waals surface area contributed by atoms with Gasteiger partial charge in [-0.2, -0.15) is 0 Å². The summed E-state index contributed by atoms with van der Waals surface area (Å²) in [5.74, 6) is 0. The van der Waals surface area contributed by atoms with Gasteiger partial charge in [0, 0.05) is 0 Å². The van der Waals surface area contributed by atoms with Gasteiger partial charge in [0.2, 0.25) is 0 Å². The quantitative estimate of drug-likeness (QED) is 0.744. The molecule has 102 valence electrons. The number of rotatable bonds is 3. The van der Waals surface area contributed by atoms with Crippen molar-refractivity contribution in [2.75, 3.05) is 0 Å². The van der Waals surface area contributed by atoms with Gasteiger partial charge in [0.05, 0.1) is 0 Å². The Hall–Kier alpha value is -1.28. The fraction of sp³-hybridized carbons (Fsp3) is 0.222. The lowest BCUT2D eigenvalue weighted by atomic mass is 9.63. The van der Waals surface area contributed by atoms with Gasteiger partial charge in [-0.25, -0.2) is 0 Å². The summed E-state index contributed by atoms with van der Waals surface area (Å²) in [6, 6.07) is 17.4. The van der Waals surface area contributed by atoms with Crippen LogP contribution < -0.4 is 10.9 Å². The zero-order chi connectivity index (χ0) is 14.8. The molecule has 20 heavy (non-hydrogen) atoms. The summed E-state index contributed by atoms with van der Waals surface area (Å²) >= 11 is 3.79. The Bertz CT molecular complexity index is 576. The minimum atomic E-state index is 0.200. The maximum Gasteiger partial charge on any atom is 0.287 e. The van der Waals surface area contributed by atoms with Gasteiger partial charge in [-0.05, 0) is 16.5 Å². The van der Waals surface area contributed by atoms with Crippen LogP contribution >= 0.6 is 15.8 Å². The average molecular weight is 327 g/mol. The van der Waals surface area contributed by atoms with Crippen molar-refractivity contribution in [2.45, 2.75) is 26.2 Å². The fourth-order valence-electron chi connectivity index (χ4n) is 2.15.